The van der Waals surface area contributed by atoms with Crippen molar-refractivity contribution in [1.82, 2.24) is 0 Å². The van der Waals surface area contributed by atoms with E-state index >= 15 is 0 Å². The number of rotatable bonds is 7. The summed E-state index contributed by atoms with van der Waals surface area (Å²) in [6.07, 6.45) is 0. The van der Waals surface area contributed by atoms with E-state index in [0.717, 1.165) is 55.7 Å². The van der Waals surface area contributed by atoms with E-state index in [-0.39, 0.29) is 0 Å². The highest BCUT2D eigenvalue weighted by atomic mass is 32.1. The van der Waals surface area contributed by atoms with Crippen molar-refractivity contribution in [2.75, 3.05) is 4.90 Å². The first-order valence-electron chi connectivity index (χ1n) is 20.8. The fraction of sp³-hybridized carbons (Fsp3) is 0. The van der Waals surface area contributed by atoms with Crippen LogP contribution in [0.15, 0.2) is 229 Å². The van der Waals surface area contributed by atoms with Gasteiger partial charge in [0.05, 0.1) is 17.1 Å². The van der Waals surface area contributed by atoms with Crippen molar-refractivity contribution in [2.24, 2.45) is 0 Å². The number of hydrogen-bond acceptors (Lipinski definition) is 3. The molecule has 0 atom stereocenters. The lowest BCUT2D eigenvalue weighted by Crippen LogP contribution is -2.13. The lowest BCUT2D eigenvalue weighted by Gasteiger charge is -2.32. The molecule has 0 aliphatic carbocycles. The average Bonchev–Trinajstić information content (AvgIpc) is 3.90. The quantitative estimate of drug-likeness (QED) is 0.160. The predicted molar refractivity (Wildman–Crippen MR) is 261 cm³/mol. The van der Waals surface area contributed by atoms with Crippen molar-refractivity contribution in [1.29, 1.82) is 0 Å². The molecule has 0 fully saturated rings. The zero-order valence-corrected chi connectivity index (χ0v) is 33.9. The molecule has 3 heteroatoms. The van der Waals surface area contributed by atoms with Crippen LogP contribution in [0.3, 0.4) is 0 Å². The maximum absolute atomic E-state index is 6.32. The molecule has 0 bridgehead atoms. The fourth-order valence-corrected chi connectivity index (χ4v) is 10.5. The molecule has 0 amide bonds. The molecule has 0 N–H and O–H groups in total. The van der Waals surface area contributed by atoms with E-state index in [1.807, 2.05) is 23.5 Å². The van der Waals surface area contributed by atoms with Crippen LogP contribution in [0.5, 0.6) is 0 Å². The van der Waals surface area contributed by atoms with E-state index in [9.17, 15) is 0 Å². The highest BCUT2D eigenvalue weighted by Gasteiger charge is 2.25. The molecule has 10 aromatic carbocycles. The predicted octanol–water partition coefficient (Wildman–Crippen LogP) is 17.2. The number of thiophene rings is 1. The summed E-state index contributed by atoms with van der Waals surface area (Å²) in [4.78, 5) is 2.51. The molecule has 286 valence electrons. The van der Waals surface area contributed by atoms with Gasteiger partial charge in [0.2, 0.25) is 0 Å². The molecule has 2 nitrogen and oxygen atoms in total. The number of furan rings is 1. The summed E-state index contributed by atoms with van der Waals surface area (Å²) >= 11 is 1.86. The molecule has 2 aromatic heterocycles. The van der Waals surface area contributed by atoms with Gasteiger partial charge < -0.3 is 9.32 Å². The minimum Gasteiger partial charge on any atom is -0.456 e. The zero-order chi connectivity index (χ0) is 40.3. The second-order valence-corrected chi connectivity index (χ2v) is 16.6. The van der Waals surface area contributed by atoms with Crippen LogP contribution in [0.4, 0.5) is 17.1 Å². The SMILES string of the molecule is c1ccc(-c2cccc3cccc(-c4ccccc4N(c4ccccc4-c4ccc5oc6ccccc6c5c4)c4ccccc4-c4cccc5sc6ccccc6c45)c23)cc1. The van der Waals surface area contributed by atoms with Crippen molar-refractivity contribution >= 4 is 81.3 Å². The lowest BCUT2D eigenvalue weighted by molar-refractivity contribution is 0.669. The summed E-state index contributed by atoms with van der Waals surface area (Å²) in [6, 6.07) is 81.4. The molecule has 2 heterocycles. The number of fused-ring (bicyclic) bond motifs is 7. The summed E-state index contributed by atoms with van der Waals surface area (Å²) < 4.78 is 8.89. The highest BCUT2D eigenvalue weighted by Crippen LogP contribution is 2.51. The molecule has 12 rings (SSSR count). The standard InChI is InChI=1S/C58H37NOS/c1-2-17-38(18-3-1)42-26-14-19-39-20-15-27-46(57(39)42)43-22-5-10-30-51(43)59(50-29-9-4-21-41(50)40-35-36-54-49(37-40)45-24-7-12-32-53(45)60-54)52-31-11-6-23-44(52)47-28-16-34-56-58(47)48-25-8-13-33-55(48)61-56/h1-37H. The number of anilines is 3. The Morgan fingerprint density at radius 3 is 1.59 bits per heavy atom. The van der Waals surface area contributed by atoms with E-state index in [0.29, 0.717) is 0 Å². The molecule has 0 aliphatic rings. The van der Waals surface area contributed by atoms with Gasteiger partial charge >= 0.3 is 0 Å². The van der Waals surface area contributed by atoms with Crippen LogP contribution < -0.4 is 4.90 Å². The maximum atomic E-state index is 6.32. The van der Waals surface area contributed by atoms with Crippen molar-refractivity contribution < 1.29 is 4.42 Å². The molecule has 61 heavy (non-hydrogen) atoms. The monoisotopic (exact) mass is 795 g/mol. The summed E-state index contributed by atoms with van der Waals surface area (Å²) in [6.45, 7) is 0. The Hall–Kier alpha value is -7.72. The number of para-hydroxylation sites is 4. The van der Waals surface area contributed by atoms with Crippen molar-refractivity contribution in [2.45, 2.75) is 0 Å². The normalized spacial score (nSPS) is 11.6. The van der Waals surface area contributed by atoms with Crippen LogP contribution in [0.25, 0.3) is 97.4 Å². The Bertz CT molecular complexity index is 3610. The van der Waals surface area contributed by atoms with Crippen LogP contribution in [-0.2, 0) is 0 Å². The first-order valence-corrected chi connectivity index (χ1v) is 21.6. The smallest absolute Gasteiger partial charge is 0.135 e. The van der Waals surface area contributed by atoms with Crippen LogP contribution in [0.2, 0.25) is 0 Å². The highest BCUT2D eigenvalue weighted by molar-refractivity contribution is 7.25. The molecule has 0 saturated carbocycles. The lowest BCUT2D eigenvalue weighted by atomic mass is 9.90. The van der Waals surface area contributed by atoms with Gasteiger partial charge in [0.25, 0.3) is 0 Å². The van der Waals surface area contributed by atoms with Crippen LogP contribution >= 0.6 is 11.3 Å². The first-order chi connectivity index (χ1) is 30.3. The molecule has 12 aromatic rings. The van der Waals surface area contributed by atoms with Crippen LogP contribution in [0, 0.1) is 0 Å². The zero-order valence-electron chi connectivity index (χ0n) is 33.1. The average molecular weight is 796 g/mol. The maximum Gasteiger partial charge on any atom is 0.135 e. The molecular weight excluding hydrogens is 759 g/mol. The molecule has 0 aliphatic heterocycles. The third kappa shape index (κ3) is 5.85. The molecule has 0 saturated heterocycles. The van der Waals surface area contributed by atoms with Crippen molar-refractivity contribution in [3.05, 3.63) is 224 Å². The molecule has 0 spiro atoms. The molecule has 0 unspecified atom stereocenters. The Morgan fingerprint density at radius 1 is 0.311 bits per heavy atom. The Labute approximate surface area is 357 Å². The summed E-state index contributed by atoms with van der Waals surface area (Å²) in [7, 11) is 0. The van der Waals surface area contributed by atoms with Gasteiger partial charge in [-0.15, -0.1) is 11.3 Å². The van der Waals surface area contributed by atoms with E-state index in [4.69, 9.17) is 4.42 Å². The van der Waals surface area contributed by atoms with Crippen molar-refractivity contribution in [3.8, 4) is 44.5 Å². The van der Waals surface area contributed by atoms with E-state index in [2.05, 4.69) is 217 Å². The van der Waals surface area contributed by atoms with Gasteiger partial charge in [-0.25, -0.2) is 0 Å². The van der Waals surface area contributed by atoms with Crippen LogP contribution in [0.1, 0.15) is 0 Å². The Morgan fingerprint density at radius 2 is 0.836 bits per heavy atom. The van der Waals surface area contributed by atoms with Gasteiger partial charge in [-0.1, -0.05) is 176 Å². The van der Waals surface area contributed by atoms with Gasteiger partial charge in [0, 0.05) is 47.6 Å². The Kier molecular flexibility index (Phi) is 8.39. The number of nitrogens with zero attached hydrogens (tertiary/aromatic N) is 1. The van der Waals surface area contributed by atoms with Gasteiger partial charge in [-0.2, -0.15) is 0 Å². The second kappa shape index (κ2) is 14.5. The third-order valence-corrected chi connectivity index (χ3v) is 13.2. The summed E-state index contributed by atoms with van der Waals surface area (Å²) in [5, 5.41) is 7.23. The van der Waals surface area contributed by atoms with E-state index in [1.165, 1.54) is 58.8 Å². The van der Waals surface area contributed by atoms with Crippen molar-refractivity contribution in [3.63, 3.8) is 0 Å². The molecular formula is C58H37NOS. The van der Waals surface area contributed by atoms with Gasteiger partial charge in [-0.05, 0) is 87.1 Å². The van der Waals surface area contributed by atoms with E-state index in [1.54, 1.807) is 0 Å². The topological polar surface area (TPSA) is 16.4 Å². The minimum absolute atomic E-state index is 0.885. The minimum atomic E-state index is 0.885. The Balaban J connectivity index is 1.16. The number of benzene rings is 10. The van der Waals surface area contributed by atoms with E-state index < -0.39 is 0 Å². The second-order valence-electron chi connectivity index (χ2n) is 15.5. The fourth-order valence-electron chi connectivity index (χ4n) is 9.41. The third-order valence-electron chi connectivity index (χ3n) is 12.1. The largest absolute Gasteiger partial charge is 0.456 e. The number of hydrogen-bond donors (Lipinski definition) is 0. The first kappa shape index (κ1) is 35.2. The summed E-state index contributed by atoms with van der Waals surface area (Å²) in [5.74, 6) is 0. The molecule has 0 radical (unpaired) electrons. The van der Waals surface area contributed by atoms with Gasteiger partial charge in [0.1, 0.15) is 11.2 Å². The van der Waals surface area contributed by atoms with Gasteiger partial charge in [-0.3, -0.25) is 0 Å². The summed E-state index contributed by atoms with van der Waals surface area (Å²) in [5.41, 5.74) is 14.4. The van der Waals surface area contributed by atoms with Crippen LogP contribution in [-0.4, -0.2) is 0 Å². The van der Waals surface area contributed by atoms with Gasteiger partial charge in [0.15, 0.2) is 0 Å².